The number of hydrogen-bond donors (Lipinski definition) is 1. The molecule has 2 N–H and O–H groups in total. The Morgan fingerprint density at radius 3 is 2.90 bits per heavy atom. The van der Waals surface area contributed by atoms with Gasteiger partial charge in [-0.1, -0.05) is 18.5 Å². The monoisotopic (exact) mass is 292 g/mol. The molecule has 0 radical (unpaired) electrons. The fourth-order valence-corrected chi connectivity index (χ4v) is 3.30. The van der Waals surface area contributed by atoms with E-state index in [9.17, 15) is 4.79 Å². The van der Waals surface area contributed by atoms with Crippen LogP contribution >= 0.6 is 11.6 Å². The van der Waals surface area contributed by atoms with Crippen molar-refractivity contribution in [1.29, 1.82) is 0 Å². The number of aromatic nitrogens is 3. The molecule has 2 aromatic heterocycles. The van der Waals surface area contributed by atoms with Gasteiger partial charge in [0, 0.05) is 18.7 Å². The van der Waals surface area contributed by atoms with Gasteiger partial charge in [0.05, 0.1) is 5.39 Å². The van der Waals surface area contributed by atoms with Gasteiger partial charge in [-0.25, -0.2) is 9.97 Å². The molecule has 6 heteroatoms. The highest BCUT2D eigenvalue weighted by molar-refractivity contribution is 6.34. The first-order valence-electron chi connectivity index (χ1n) is 6.88. The summed E-state index contributed by atoms with van der Waals surface area (Å²) in [5, 5.41) is 1.47. The topological polar surface area (TPSA) is 73.8 Å². The van der Waals surface area contributed by atoms with E-state index >= 15 is 0 Å². The lowest BCUT2D eigenvalue weighted by Gasteiger charge is -2.36. The molecule has 0 bridgehead atoms. The van der Waals surface area contributed by atoms with Crippen molar-refractivity contribution in [3.05, 3.63) is 23.2 Å². The number of carbonyl (C=O) groups is 1. The van der Waals surface area contributed by atoms with Crippen LogP contribution in [0.1, 0.15) is 37.8 Å². The first-order valence-corrected chi connectivity index (χ1v) is 7.26. The molecular formula is C14H17ClN4O. The van der Waals surface area contributed by atoms with Gasteiger partial charge in [-0.05, 0) is 30.7 Å². The molecule has 2 aromatic rings. The average molecular weight is 293 g/mol. The molecular weight excluding hydrogens is 276 g/mol. The zero-order valence-corrected chi connectivity index (χ0v) is 12.1. The average Bonchev–Trinajstić information content (AvgIpc) is 2.73. The summed E-state index contributed by atoms with van der Waals surface area (Å²) in [5.41, 5.74) is 7.30. The second-order valence-corrected chi connectivity index (χ2v) is 5.80. The molecule has 0 saturated heterocycles. The fourth-order valence-electron chi connectivity index (χ4n) is 3.05. The highest BCUT2D eigenvalue weighted by Gasteiger charge is 2.32. The van der Waals surface area contributed by atoms with Gasteiger partial charge in [-0.15, -0.1) is 0 Å². The van der Waals surface area contributed by atoms with E-state index in [1.807, 2.05) is 0 Å². The normalized spacial score (nSPS) is 21.9. The van der Waals surface area contributed by atoms with E-state index in [1.165, 1.54) is 11.9 Å². The number of nitrogens with two attached hydrogens (primary N) is 1. The van der Waals surface area contributed by atoms with E-state index in [1.54, 1.807) is 0 Å². The van der Waals surface area contributed by atoms with Gasteiger partial charge in [0.1, 0.15) is 17.1 Å². The quantitative estimate of drug-likeness (QED) is 0.880. The lowest BCUT2D eigenvalue weighted by molar-refractivity contribution is -0.119. The van der Waals surface area contributed by atoms with E-state index in [-0.39, 0.29) is 5.91 Å². The number of primary amides is 1. The molecule has 1 aliphatic rings. The third-order valence-electron chi connectivity index (χ3n) is 4.12. The number of rotatable bonds is 4. The molecule has 20 heavy (non-hydrogen) atoms. The molecule has 5 nitrogen and oxygen atoms in total. The number of carbonyl (C=O) groups excluding carboxylic acids is 1. The summed E-state index contributed by atoms with van der Waals surface area (Å²) in [7, 11) is 0. The van der Waals surface area contributed by atoms with Crippen LogP contribution in [-0.2, 0) is 11.2 Å². The Labute approximate surface area is 122 Å². The maximum atomic E-state index is 10.9. The van der Waals surface area contributed by atoms with E-state index in [0.717, 1.165) is 30.3 Å². The van der Waals surface area contributed by atoms with Gasteiger partial charge in [-0.3, -0.25) is 4.79 Å². The second-order valence-electron chi connectivity index (χ2n) is 5.44. The van der Waals surface area contributed by atoms with E-state index in [0.29, 0.717) is 23.5 Å². The van der Waals surface area contributed by atoms with E-state index < -0.39 is 0 Å². The number of nitrogens with zero attached hydrogens (tertiary/aromatic N) is 3. The van der Waals surface area contributed by atoms with Crippen LogP contribution in [0.4, 0.5) is 0 Å². The summed E-state index contributed by atoms with van der Waals surface area (Å²) in [4.78, 5) is 19.4. The van der Waals surface area contributed by atoms with Crippen molar-refractivity contribution in [1.82, 2.24) is 14.5 Å². The number of fused-ring (bicyclic) bond motifs is 1. The highest BCUT2D eigenvalue weighted by Crippen LogP contribution is 2.42. The smallest absolute Gasteiger partial charge is 0.217 e. The van der Waals surface area contributed by atoms with Gasteiger partial charge in [-0.2, -0.15) is 0 Å². The number of halogens is 1. The molecule has 0 aliphatic heterocycles. The maximum Gasteiger partial charge on any atom is 0.217 e. The molecule has 1 aliphatic carbocycles. The van der Waals surface area contributed by atoms with Crippen molar-refractivity contribution in [2.75, 3.05) is 0 Å². The Balaban J connectivity index is 1.90. The van der Waals surface area contributed by atoms with E-state index in [4.69, 9.17) is 17.3 Å². The minimum Gasteiger partial charge on any atom is -0.370 e. The fraction of sp³-hybridized carbons (Fsp3) is 0.500. The first-order chi connectivity index (χ1) is 9.60. The van der Waals surface area contributed by atoms with Gasteiger partial charge >= 0.3 is 0 Å². The molecule has 106 valence electrons. The SMILES string of the molecule is CCc1cn([C@H]2C[C@H](CC(N)=O)C2)c2ncnc(Cl)c12. The predicted octanol–water partition coefficient (Wildman–Crippen LogP) is 2.47. The van der Waals surface area contributed by atoms with Crippen LogP contribution in [0.5, 0.6) is 0 Å². The zero-order chi connectivity index (χ0) is 14.3. The second kappa shape index (κ2) is 5.05. The molecule has 3 rings (SSSR count). The van der Waals surface area contributed by atoms with Crippen LogP contribution in [0.3, 0.4) is 0 Å². The number of hydrogen-bond acceptors (Lipinski definition) is 3. The molecule has 0 unspecified atom stereocenters. The van der Waals surface area contributed by atoms with Gasteiger partial charge in [0.2, 0.25) is 5.91 Å². The third-order valence-corrected chi connectivity index (χ3v) is 4.40. The summed E-state index contributed by atoms with van der Waals surface area (Å²) in [5.74, 6) is 0.183. The van der Waals surface area contributed by atoms with Crippen LogP contribution in [0.25, 0.3) is 11.0 Å². The largest absolute Gasteiger partial charge is 0.370 e. The third kappa shape index (κ3) is 2.16. The van der Waals surface area contributed by atoms with Crippen molar-refractivity contribution in [2.45, 2.75) is 38.6 Å². The van der Waals surface area contributed by atoms with Crippen LogP contribution in [0, 0.1) is 5.92 Å². The molecule has 1 saturated carbocycles. The Bertz CT molecular complexity index is 660. The first kappa shape index (κ1) is 13.4. The van der Waals surface area contributed by atoms with Crippen molar-refractivity contribution < 1.29 is 4.79 Å². The van der Waals surface area contributed by atoms with Gasteiger partial charge in [0.15, 0.2) is 0 Å². The van der Waals surface area contributed by atoms with Gasteiger partial charge in [0.25, 0.3) is 0 Å². The van der Waals surface area contributed by atoms with Crippen molar-refractivity contribution in [3.63, 3.8) is 0 Å². The summed E-state index contributed by atoms with van der Waals surface area (Å²) >= 11 is 6.19. The maximum absolute atomic E-state index is 10.9. The Hall–Kier alpha value is -1.62. The predicted molar refractivity (Wildman–Crippen MR) is 77.5 cm³/mol. The molecule has 0 spiro atoms. The van der Waals surface area contributed by atoms with Crippen LogP contribution in [0.2, 0.25) is 5.15 Å². The Morgan fingerprint density at radius 2 is 2.25 bits per heavy atom. The van der Waals surface area contributed by atoms with Crippen LogP contribution in [-0.4, -0.2) is 20.4 Å². The Kier molecular flexibility index (Phi) is 3.38. The number of amides is 1. The highest BCUT2D eigenvalue weighted by atomic mass is 35.5. The van der Waals surface area contributed by atoms with Crippen molar-refractivity contribution in [3.8, 4) is 0 Å². The van der Waals surface area contributed by atoms with E-state index in [2.05, 4.69) is 27.7 Å². The molecule has 1 amide bonds. The minimum absolute atomic E-state index is 0.217. The molecule has 2 heterocycles. The van der Waals surface area contributed by atoms with Gasteiger partial charge < -0.3 is 10.3 Å². The summed E-state index contributed by atoms with van der Waals surface area (Å²) in [6.07, 6.45) is 6.94. The summed E-state index contributed by atoms with van der Waals surface area (Å²) in [6.45, 7) is 2.10. The Morgan fingerprint density at radius 1 is 1.50 bits per heavy atom. The zero-order valence-electron chi connectivity index (χ0n) is 11.3. The summed E-state index contributed by atoms with van der Waals surface area (Å²) in [6, 6.07) is 0.383. The molecule has 1 fully saturated rings. The van der Waals surface area contributed by atoms with Crippen molar-refractivity contribution >= 4 is 28.5 Å². The number of aryl methyl sites for hydroxylation is 1. The van der Waals surface area contributed by atoms with Crippen LogP contribution in [0.15, 0.2) is 12.5 Å². The summed E-state index contributed by atoms with van der Waals surface area (Å²) < 4.78 is 2.18. The molecule has 0 atom stereocenters. The lowest BCUT2D eigenvalue weighted by Crippen LogP contribution is -2.30. The lowest BCUT2D eigenvalue weighted by atomic mass is 9.78. The molecule has 0 aromatic carbocycles. The van der Waals surface area contributed by atoms with Crippen LogP contribution < -0.4 is 5.73 Å². The van der Waals surface area contributed by atoms with Crippen molar-refractivity contribution in [2.24, 2.45) is 11.7 Å². The standard InChI is InChI=1S/C14H17ClN4O/c1-2-9-6-19(10-3-8(4-10)5-11(16)20)14-12(9)13(15)17-7-18-14/h6-8,10H,2-5H2,1H3,(H2,16,20)/t8-,10-. The minimum atomic E-state index is -0.217.